The normalized spacial score (nSPS) is 10.1. The van der Waals surface area contributed by atoms with Gasteiger partial charge in [0.25, 0.3) is 0 Å². The van der Waals surface area contributed by atoms with Crippen molar-refractivity contribution in [3.63, 3.8) is 0 Å². The van der Waals surface area contributed by atoms with Gasteiger partial charge in [-0.25, -0.2) is 4.39 Å². The Morgan fingerprint density at radius 2 is 1.50 bits per heavy atom. The smallest absolute Gasteiger partial charge is 0.198 e. The molecule has 2 aromatic carbocycles. The SMILES string of the molecule is Cc1oncc1C(=O)c1ccc(F)cc1.O=C(c1ccccc1)c1cnoc1. The van der Waals surface area contributed by atoms with E-state index < -0.39 is 0 Å². The minimum atomic E-state index is -0.367. The van der Waals surface area contributed by atoms with E-state index in [1.165, 1.54) is 42.9 Å². The van der Waals surface area contributed by atoms with Crippen LogP contribution in [0, 0.1) is 12.7 Å². The molecule has 0 amide bonds. The summed E-state index contributed by atoms with van der Waals surface area (Å²) in [7, 11) is 0. The highest BCUT2D eigenvalue weighted by molar-refractivity contribution is 6.09. The molecule has 0 bridgehead atoms. The average Bonchev–Trinajstić information content (AvgIpc) is 3.40. The number of nitrogens with zero attached hydrogens (tertiary/aromatic N) is 2. The van der Waals surface area contributed by atoms with Crippen molar-refractivity contribution >= 4 is 11.6 Å². The summed E-state index contributed by atoms with van der Waals surface area (Å²) in [4.78, 5) is 23.4. The number of aryl methyl sites for hydroxylation is 1. The Morgan fingerprint density at radius 1 is 0.821 bits per heavy atom. The largest absolute Gasteiger partial charge is 0.364 e. The first-order valence-corrected chi connectivity index (χ1v) is 8.27. The number of hydrogen-bond donors (Lipinski definition) is 0. The molecule has 6 nitrogen and oxygen atoms in total. The molecule has 140 valence electrons. The molecule has 2 aromatic heterocycles. The fraction of sp³-hybridized carbons (Fsp3) is 0.0476. The third-order valence-corrected chi connectivity index (χ3v) is 3.83. The van der Waals surface area contributed by atoms with Crippen LogP contribution in [0.5, 0.6) is 0 Å². The summed E-state index contributed by atoms with van der Waals surface area (Å²) >= 11 is 0. The number of carbonyl (C=O) groups is 2. The molecular formula is C21H15FN2O4. The average molecular weight is 378 g/mol. The molecule has 0 fully saturated rings. The molecule has 28 heavy (non-hydrogen) atoms. The van der Waals surface area contributed by atoms with Crippen LogP contribution in [0.3, 0.4) is 0 Å². The van der Waals surface area contributed by atoms with Crippen molar-refractivity contribution in [1.29, 1.82) is 0 Å². The van der Waals surface area contributed by atoms with E-state index in [9.17, 15) is 14.0 Å². The first-order valence-electron chi connectivity index (χ1n) is 8.27. The highest BCUT2D eigenvalue weighted by Crippen LogP contribution is 2.13. The second-order valence-corrected chi connectivity index (χ2v) is 5.74. The number of rotatable bonds is 4. The van der Waals surface area contributed by atoms with Gasteiger partial charge in [0.15, 0.2) is 11.6 Å². The van der Waals surface area contributed by atoms with Gasteiger partial charge in [-0.3, -0.25) is 9.59 Å². The predicted molar refractivity (Wildman–Crippen MR) is 97.5 cm³/mol. The van der Waals surface area contributed by atoms with Gasteiger partial charge in [0.1, 0.15) is 17.8 Å². The lowest BCUT2D eigenvalue weighted by atomic mass is 10.0. The molecule has 0 aliphatic rings. The molecule has 0 unspecified atom stereocenters. The van der Waals surface area contributed by atoms with E-state index in [-0.39, 0.29) is 17.4 Å². The van der Waals surface area contributed by atoms with Gasteiger partial charge in [0.2, 0.25) is 0 Å². The lowest BCUT2D eigenvalue weighted by Gasteiger charge is -1.97. The highest BCUT2D eigenvalue weighted by atomic mass is 19.1. The Morgan fingerprint density at radius 3 is 2.07 bits per heavy atom. The maximum absolute atomic E-state index is 12.6. The molecular weight excluding hydrogens is 363 g/mol. The van der Waals surface area contributed by atoms with Gasteiger partial charge < -0.3 is 9.05 Å². The predicted octanol–water partition coefficient (Wildman–Crippen LogP) is 4.26. The van der Waals surface area contributed by atoms with Crippen molar-refractivity contribution in [2.24, 2.45) is 0 Å². The van der Waals surface area contributed by atoms with Crippen LogP contribution in [-0.2, 0) is 0 Å². The van der Waals surface area contributed by atoms with Crippen LogP contribution < -0.4 is 0 Å². The van der Waals surface area contributed by atoms with E-state index in [1.807, 2.05) is 18.2 Å². The molecule has 4 aromatic rings. The van der Waals surface area contributed by atoms with Crippen LogP contribution in [0.4, 0.5) is 4.39 Å². The second-order valence-electron chi connectivity index (χ2n) is 5.74. The molecule has 0 saturated carbocycles. The van der Waals surface area contributed by atoms with Crippen molar-refractivity contribution < 1.29 is 23.0 Å². The van der Waals surface area contributed by atoms with Gasteiger partial charge in [-0.1, -0.05) is 40.6 Å². The lowest BCUT2D eigenvalue weighted by molar-refractivity contribution is 0.103. The molecule has 0 radical (unpaired) electrons. The number of aromatic nitrogens is 2. The van der Waals surface area contributed by atoms with E-state index in [4.69, 9.17) is 4.52 Å². The van der Waals surface area contributed by atoms with Crippen LogP contribution in [-0.4, -0.2) is 21.9 Å². The Kier molecular flexibility index (Phi) is 5.86. The fourth-order valence-electron chi connectivity index (χ4n) is 2.35. The minimum absolute atomic E-state index is 0.0677. The second kappa shape index (κ2) is 8.68. The first kappa shape index (κ1) is 18.9. The monoisotopic (exact) mass is 378 g/mol. The van der Waals surface area contributed by atoms with Gasteiger partial charge in [-0.15, -0.1) is 0 Å². The lowest BCUT2D eigenvalue weighted by Crippen LogP contribution is -2.01. The maximum atomic E-state index is 12.6. The summed E-state index contributed by atoms with van der Waals surface area (Å²) in [5.74, 6) is -0.187. The van der Waals surface area contributed by atoms with Crippen molar-refractivity contribution in [2.45, 2.75) is 6.92 Å². The zero-order valence-corrected chi connectivity index (χ0v) is 14.8. The van der Waals surface area contributed by atoms with Gasteiger partial charge in [0, 0.05) is 11.1 Å². The fourth-order valence-corrected chi connectivity index (χ4v) is 2.35. The van der Waals surface area contributed by atoms with Gasteiger partial charge in [-0.05, 0) is 31.2 Å². The first-order chi connectivity index (χ1) is 13.6. The number of hydrogen-bond acceptors (Lipinski definition) is 6. The number of halogens is 1. The van der Waals surface area contributed by atoms with E-state index in [1.54, 1.807) is 19.1 Å². The van der Waals surface area contributed by atoms with Crippen molar-refractivity contribution in [3.8, 4) is 0 Å². The number of benzene rings is 2. The van der Waals surface area contributed by atoms with Gasteiger partial charge in [-0.2, -0.15) is 0 Å². The zero-order chi connectivity index (χ0) is 19.9. The molecule has 0 spiro atoms. The van der Waals surface area contributed by atoms with Gasteiger partial charge in [0.05, 0.1) is 23.5 Å². The Balaban J connectivity index is 0.000000162. The molecule has 0 aliphatic heterocycles. The molecule has 2 heterocycles. The Labute approximate surface area is 159 Å². The molecule has 0 aliphatic carbocycles. The maximum Gasteiger partial charge on any atom is 0.198 e. The van der Waals surface area contributed by atoms with Crippen LogP contribution in [0.15, 0.2) is 82.3 Å². The third-order valence-electron chi connectivity index (χ3n) is 3.83. The highest BCUT2D eigenvalue weighted by Gasteiger charge is 2.14. The Hall–Kier alpha value is -3.87. The summed E-state index contributed by atoms with van der Waals surface area (Å²) in [6, 6.07) is 14.4. The molecule has 4 rings (SSSR count). The molecule has 0 saturated heterocycles. The third kappa shape index (κ3) is 4.45. The van der Waals surface area contributed by atoms with Crippen molar-refractivity contribution in [1.82, 2.24) is 10.3 Å². The van der Waals surface area contributed by atoms with E-state index in [2.05, 4.69) is 14.8 Å². The van der Waals surface area contributed by atoms with E-state index in [0.717, 1.165) is 0 Å². The number of carbonyl (C=O) groups excluding carboxylic acids is 2. The summed E-state index contributed by atoms with van der Waals surface area (Å²) in [6.45, 7) is 1.66. The Bertz CT molecular complexity index is 1060. The quantitative estimate of drug-likeness (QED) is 0.493. The summed E-state index contributed by atoms with van der Waals surface area (Å²) in [5.41, 5.74) is 1.95. The minimum Gasteiger partial charge on any atom is -0.364 e. The van der Waals surface area contributed by atoms with Crippen molar-refractivity contribution in [3.05, 3.63) is 107 Å². The van der Waals surface area contributed by atoms with Crippen LogP contribution in [0.1, 0.15) is 37.6 Å². The van der Waals surface area contributed by atoms with E-state index >= 15 is 0 Å². The molecule has 7 heteroatoms. The molecule has 0 atom stereocenters. The van der Waals surface area contributed by atoms with Gasteiger partial charge >= 0.3 is 0 Å². The van der Waals surface area contributed by atoms with Crippen LogP contribution in [0.25, 0.3) is 0 Å². The summed E-state index contributed by atoms with van der Waals surface area (Å²) < 4.78 is 22.0. The zero-order valence-electron chi connectivity index (χ0n) is 14.8. The summed E-state index contributed by atoms with van der Waals surface area (Å²) in [6.07, 6.45) is 4.12. The van der Waals surface area contributed by atoms with Crippen LogP contribution >= 0.6 is 0 Å². The van der Waals surface area contributed by atoms with Crippen molar-refractivity contribution in [2.75, 3.05) is 0 Å². The topological polar surface area (TPSA) is 86.2 Å². The standard InChI is InChI=1S/C11H8FNO2.C10H7NO2/c1-7-10(6-13-15-7)11(14)8-2-4-9(12)5-3-8;12-10(9-6-11-13-7-9)8-4-2-1-3-5-8/h2-6H,1H3;1-7H. The molecule has 0 N–H and O–H groups in total. The summed E-state index contributed by atoms with van der Waals surface area (Å²) in [5, 5.41) is 6.99. The number of ketones is 2. The van der Waals surface area contributed by atoms with Crippen LogP contribution in [0.2, 0.25) is 0 Å². The van der Waals surface area contributed by atoms with E-state index in [0.29, 0.717) is 28.0 Å².